The number of rotatable bonds is 4. The summed E-state index contributed by atoms with van der Waals surface area (Å²) in [6.07, 6.45) is 0. The second-order valence-corrected chi connectivity index (χ2v) is 5.70. The molecule has 0 saturated heterocycles. The van der Waals surface area contributed by atoms with Gasteiger partial charge in [-0.15, -0.1) is 10.2 Å². The fourth-order valence-electron chi connectivity index (χ4n) is 1.17. The van der Waals surface area contributed by atoms with E-state index in [0.29, 0.717) is 19.7 Å². The van der Waals surface area contributed by atoms with E-state index in [1.807, 2.05) is 0 Å². The van der Waals surface area contributed by atoms with E-state index in [0.717, 1.165) is 0 Å². The van der Waals surface area contributed by atoms with E-state index in [9.17, 15) is 10.1 Å². The second-order valence-electron chi connectivity index (χ2n) is 3.14. The van der Waals surface area contributed by atoms with Crippen LogP contribution in [0.4, 0.5) is 5.69 Å². The first kappa shape index (κ1) is 13.2. The van der Waals surface area contributed by atoms with Gasteiger partial charge in [-0.3, -0.25) is 10.1 Å². The predicted molar refractivity (Wildman–Crippen MR) is 70.0 cm³/mol. The van der Waals surface area contributed by atoms with Crippen molar-refractivity contribution >= 4 is 44.6 Å². The van der Waals surface area contributed by atoms with Gasteiger partial charge in [-0.2, -0.15) is 0 Å². The van der Waals surface area contributed by atoms with Crippen molar-refractivity contribution in [3.05, 3.63) is 42.3 Å². The van der Waals surface area contributed by atoms with Gasteiger partial charge in [0.25, 0.3) is 5.69 Å². The van der Waals surface area contributed by atoms with Gasteiger partial charge in [0.15, 0.2) is 5.01 Å². The summed E-state index contributed by atoms with van der Waals surface area (Å²) in [4.78, 5) is 10.2. The molecular formula is C9H5BrClN3O3S. The first-order valence-electron chi connectivity index (χ1n) is 4.60. The van der Waals surface area contributed by atoms with Crippen molar-refractivity contribution < 1.29 is 9.66 Å². The van der Waals surface area contributed by atoms with E-state index in [4.69, 9.17) is 16.3 Å². The monoisotopic (exact) mass is 349 g/mol. The normalized spacial score (nSPS) is 10.3. The minimum absolute atomic E-state index is 0.0466. The molecule has 0 fully saturated rings. The third kappa shape index (κ3) is 3.37. The van der Waals surface area contributed by atoms with E-state index >= 15 is 0 Å². The minimum atomic E-state index is -0.487. The number of hydrogen-bond donors (Lipinski definition) is 0. The maximum atomic E-state index is 10.7. The van der Waals surface area contributed by atoms with Gasteiger partial charge in [-0.05, 0) is 17.7 Å². The first-order valence-corrected chi connectivity index (χ1v) is 6.59. The van der Waals surface area contributed by atoms with Gasteiger partial charge in [0, 0.05) is 10.5 Å². The van der Waals surface area contributed by atoms with Crippen molar-refractivity contribution in [3.8, 4) is 5.75 Å². The Morgan fingerprint density at radius 1 is 1.44 bits per heavy atom. The van der Waals surface area contributed by atoms with Crippen molar-refractivity contribution in [2.45, 2.75) is 6.61 Å². The average molecular weight is 351 g/mol. The van der Waals surface area contributed by atoms with Crippen LogP contribution >= 0.6 is 38.9 Å². The highest BCUT2D eigenvalue weighted by Gasteiger charge is 2.10. The number of nitrogens with zero attached hydrogens (tertiary/aromatic N) is 3. The summed E-state index contributed by atoms with van der Waals surface area (Å²) in [5.41, 5.74) is -0.0466. The highest BCUT2D eigenvalue weighted by atomic mass is 79.9. The number of benzene rings is 1. The Morgan fingerprint density at radius 2 is 2.22 bits per heavy atom. The number of hydrogen-bond acceptors (Lipinski definition) is 6. The minimum Gasteiger partial charge on any atom is -0.486 e. The molecule has 0 bridgehead atoms. The molecular weight excluding hydrogens is 346 g/mol. The van der Waals surface area contributed by atoms with Crippen molar-refractivity contribution in [1.29, 1.82) is 0 Å². The van der Waals surface area contributed by atoms with Gasteiger partial charge in [0.05, 0.1) is 11.0 Å². The average Bonchev–Trinajstić information content (AvgIpc) is 2.72. The van der Waals surface area contributed by atoms with E-state index in [-0.39, 0.29) is 12.3 Å². The van der Waals surface area contributed by atoms with Crippen LogP contribution in [0.1, 0.15) is 5.01 Å². The van der Waals surface area contributed by atoms with Crippen LogP contribution in [-0.4, -0.2) is 15.1 Å². The largest absolute Gasteiger partial charge is 0.486 e. The molecule has 9 heteroatoms. The third-order valence-corrected chi connectivity index (χ3v) is 3.32. The van der Waals surface area contributed by atoms with Crippen LogP contribution in [0.25, 0.3) is 0 Å². The van der Waals surface area contributed by atoms with Gasteiger partial charge in [0.1, 0.15) is 12.4 Å². The zero-order chi connectivity index (χ0) is 13.1. The SMILES string of the molecule is O=[N+]([O-])c1cc(Br)cc(OCc2nnc(Cl)s2)c1. The molecule has 0 N–H and O–H groups in total. The van der Waals surface area contributed by atoms with Crippen molar-refractivity contribution in [1.82, 2.24) is 10.2 Å². The van der Waals surface area contributed by atoms with E-state index < -0.39 is 4.92 Å². The molecule has 94 valence electrons. The summed E-state index contributed by atoms with van der Waals surface area (Å²) in [6, 6.07) is 4.37. The van der Waals surface area contributed by atoms with Crippen LogP contribution < -0.4 is 4.74 Å². The summed E-state index contributed by atoms with van der Waals surface area (Å²) in [5, 5.41) is 18.7. The molecule has 0 saturated carbocycles. The van der Waals surface area contributed by atoms with Crippen LogP contribution in [0.15, 0.2) is 22.7 Å². The predicted octanol–water partition coefficient (Wildman–Crippen LogP) is 3.44. The fraction of sp³-hybridized carbons (Fsp3) is 0.111. The fourth-order valence-corrected chi connectivity index (χ4v) is 2.41. The molecule has 1 aromatic carbocycles. The van der Waals surface area contributed by atoms with Crippen LogP contribution in [0, 0.1) is 10.1 Å². The molecule has 2 rings (SSSR count). The van der Waals surface area contributed by atoms with Gasteiger partial charge in [-0.1, -0.05) is 27.3 Å². The Hall–Kier alpha value is -1.25. The van der Waals surface area contributed by atoms with Crippen LogP contribution in [-0.2, 0) is 6.61 Å². The topological polar surface area (TPSA) is 78.2 Å². The Morgan fingerprint density at radius 3 is 2.83 bits per heavy atom. The van der Waals surface area contributed by atoms with Crippen LogP contribution in [0.5, 0.6) is 5.75 Å². The number of halogens is 2. The first-order chi connectivity index (χ1) is 8.54. The maximum Gasteiger partial charge on any atom is 0.274 e. The summed E-state index contributed by atoms with van der Waals surface area (Å²) in [6.45, 7) is 0.165. The molecule has 0 unspecified atom stereocenters. The smallest absolute Gasteiger partial charge is 0.274 e. The lowest BCUT2D eigenvalue weighted by Gasteiger charge is -2.04. The lowest BCUT2D eigenvalue weighted by Crippen LogP contribution is -1.96. The van der Waals surface area contributed by atoms with Gasteiger partial charge in [-0.25, -0.2) is 0 Å². The lowest BCUT2D eigenvalue weighted by atomic mass is 10.3. The number of nitro groups is 1. The maximum absolute atomic E-state index is 10.7. The molecule has 0 aliphatic carbocycles. The highest BCUT2D eigenvalue weighted by Crippen LogP contribution is 2.27. The molecule has 6 nitrogen and oxygen atoms in total. The second kappa shape index (κ2) is 5.59. The molecule has 0 aliphatic rings. The number of ether oxygens (including phenoxy) is 1. The van der Waals surface area contributed by atoms with Crippen LogP contribution in [0.3, 0.4) is 0 Å². The van der Waals surface area contributed by atoms with Crippen molar-refractivity contribution in [2.75, 3.05) is 0 Å². The molecule has 2 aromatic rings. The lowest BCUT2D eigenvalue weighted by molar-refractivity contribution is -0.385. The van der Waals surface area contributed by atoms with E-state index in [2.05, 4.69) is 26.1 Å². The van der Waals surface area contributed by atoms with Crippen molar-refractivity contribution in [3.63, 3.8) is 0 Å². The summed E-state index contributed by atoms with van der Waals surface area (Å²) in [5.74, 6) is 0.377. The Balaban J connectivity index is 2.11. The standard InChI is InChI=1S/C9H5BrClN3O3S/c10-5-1-6(14(15)16)3-7(2-5)17-4-8-12-13-9(11)18-8/h1-3H,4H2. The summed E-state index contributed by atoms with van der Waals surface area (Å²) in [7, 11) is 0. The van der Waals surface area contributed by atoms with Crippen molar-refractivity contribution in [2.24, 2.45) is 0 Å². The third-order valence-electron chi connectivity index (χ3n) is 1.87. The number of non-ortho nitro benzene ring substituents is 1. The van der Waals surface area contributed by atoms with Crippen LogP contribution in [0.2, 0.25) is 4.47 Å². The molecule has 0 radical (unpaired) electrons. The molecule has 0 atom stereocenters. The van der Waals surface area contributed by atoms with Gasteiger partial charge >= 0.3 is 0 Å². The zero-order valence-corrected chi connectivity index (χ0v) is 11.8. The van der Waals surface area contributed by atoms with Gasteiger partial charge in [0.2, 0.25) is 4.47 Å². The summed E-state index contributed by atoms with van der Waals surface area (Å²) < 4.78 is 6.29. The number of aromatic nitrogens is 2. The summed E-state index contributed by atoms with van der Waals surface area (Å²) >= 11 is 10.0. The Kier molecular flexibility index (Phi) is 4.10. The molecule has 1 aromatic heterocycles. The zero-order valence-electron chi connectivity index (χ0n) is 8.67. The quantitative estimate of drug-likeness (QED) is 0.623. The molecule has 18 heavy (non-hydrogen) atoms. The van der Waals surface area contributed by atoms with Gasteiger partial charge < -0.3 is 4.74 Å². The molecule has 0 spiro atoms. The Bertz CT molecular complexity index is 592. The number of nitro benzene ring substituents is 1. The molecule has 0 amide bonds. The molecule has 1 heterocycles. The highest BCUT2D eigenvalue weighted by molar-refractivity contribution is 9.10. The Labute approximate surface area is 119 Å². The van der Waals surface area contributed by atoms with E-state index in [1.54, 1.807) is 6.07 Å². The van der Waals surface area contributed by atoms with E-state index in [1.165, 1.54) is 23.5 Å². The molecule has 0 aliphatic heterocycles.